The lowest BCUT2D eigenvalue weighted by molar-refractivity contribution is -0.142. The lowest BCUT2D eigenvalue weighted by Crippen LogP contribution is -2.24. The maximum Gasteiger partial charge on any atom is 0.435 e. The fourth-order valence-electron chi connectivity index (χ4n) is 2.06. The zero-order valence-corrected chi connectivity index (χ0v) is 9.06. The lowest BCUT2D eigenvalue weighted by Gasteiger charge is -2.17. The molecule has 0 aliphatic carbocycles. The summed E-state index contributed by atoms with van der Waals surface area (Å²) in [4.78, 5) is 2.01. The highest BCUT2D eigenvalue weighted by Gasteiger charge is 2.38. The van der Waals surface area contributed by atoms with Crippen LogP contribution >= 0.6 is 0 Å². The van der Waals surface area contributed by atoms with E-state index in [1.165, 1.54) is 0 Å². The van der Waals surface area contributed by atoms with Gasteiger partial charge in [0.15, 0.2) is 5.69 Å². The number of hydrogen-bond acceptors (Lipinski definition) is 2. The Morgan fingerprint density at radius 3 is 2.81 bits per heavy atom. The largest absolute Gasteiger partial charge is 0.435 e. The van der Waals surface area contributed by atoms with Crippen LogP contribution in [-0.4, -0.2) is 28.2 Å². The molecule has 1 aliphatic heterocycles. The number of alkyl halides is 3. The normalized spacial score (nSPS) is 18.2. The molecular formula is C10H14F3N3. The van der Waals surface area contributed by atoms with Crippen LogP contribution in [0.4, 0.5) is 13.2 Å². The summed E-state index contributed by atoms with van der Waals surface area (Å²) >= 11 is 0. The highest BCUT2D eigenvalue weighted by Crippen LogP contribution is 2.33. The first-order valence-electron chi connectivity index (χ1n) is 5.38. The predicted molar refractivity (Wildman–Crippen MR) is 52.9 cm³/mol. The minimum absolute atomic E-state index is 0.326. The first-order chi connectivity index (χ1) is 7.52. The summed E-state index contributed by atoms with van der Waals surface area (Å²) in [5, 5.41) is 5.92. The molecule has 2 heterocycles. The van der Waals surface area contributed by atoms with E-state index < -0.39 is 11.9 Å². The van der Waals surface area contributed by atoms with Gasteiger partial charge in [0.1, 0.15) is 0 Å². The topological polar surface area (TPSA) is 31.9 Å². The van der Waals surface area contributed by atoms with Crippen LogP contribution in [0.1, 0.15) is 30.3 Å². The van der Waals surface area contributed by atoms with E-state index in [2.05, 4.69) is 10.2 Å². The van der Waals surface area contributed by atoms with Gasteiger partial charge in [0.25, 0.3) is 0 Å². The van der Waals surface area contributed by atoms with Gasteiger partial charge in [0, 0.05) is 17.8 Å². The van der Waals surface area contributed by atoms with Gasteiger partial charge in [-0.05, 0) is 25.9 Å². The Balaban J connectivity index is 2.35. The summed E-state index contributed by atoms with van der Waals surface area (Å²) in [6.45, 7) is 3.91. The molecule has 0 spiro atoms. The molecule has 0 unspecified atom stereocenters. The highest BCUT2D eigenvalue weighted by atomic mass is 19.4. The van der Waals surface area contributed by atoms with Gasteiger partial charge in [0.05, 0.1) is 0 Å². The minimum atomic E-state index is -4.35. The van der Waals surface area contributed by atoms with Crippen LogP contribution in [0, 0.1) is 0 Å². The van der Waals surface area contributed by atoms with E-state index in [4.69, 9.17) is 0 Å². The Hall–Kier alpha value is -1.04. The van der Waals surface area contributed by atoms with Crippen LogP contribution in [0.3, 0.4) is 0 Å². The third-order valence-corrected chi connectivity index (χ3v) is 2.95. The van der Waals surface area contributed by atoms with Crippen molar-refractivity contribution < 1.29 is 13.2 Å². The Kier molecular flexibility index (Phi) is 2.92. The smallest absolute Gasteiger partial charge is 0.299 e. The third kappa shape index (κ3) is 2.07. The lowest BCUT2D eigenvalue weighted by atomic mass is 10.1. The molecule has 2 rings (SSSR count). The van der Waals surface area contributed by atoms with Gasteiger partial charge in [-0.3, -0.25) is 10.00 Å². The number of nitrogens with one attached hydrogen (secondary N) is 1. The van der Waals surface area contributed by atoms with E-state index in [-0.39, 0.29) is 0 Å². The van der Waals surface area contributed by atoms with E-state index in [0.717, 1.165) is 19.5 Å². The number of aromatic amines is 1. The van der Waals surface area contributed by atoms with Crippen molar-refractivity contribution in [3.8, 4) is 0 Å². The molecule has 0 saturated carbocycles. The number of aryl methyl sites for hydroxylation is 1. The number of rotatable bonds is 1. The van der Waals surface area contributed by atoms with Crippen LogP contribution in [0.15, 0.2) is 0 Å². The number of hydrogen-bond donors (Lipinski definition) is 1. The second-order valence-electron chi connectivity index (χ2n) is 4.00. The third-order valence-electron chi connectivity index (χ3n) is 2.95. The summed E-state index contributed by atoms with van der Waals surface area (Å²) in [6, 6.07) is 0. The van der Waals surface area contributed by atoms with E-state index >= 15 is 0 Å². The number of H-pyrrole nitrogens is 1. The van der Waals surface area contributed by atoms with E-state index in [9.17, 15) is 13.2 Å². The molecule has 6 heteroatoms. The maximum atomic E-state index is 12.7. The van der Waals surface area contributed by atoms with Crippen molar-refractivity contribution in [1.29, 1.82) is 0 Å². The first-order valence-corrected chi connectivity index (χ1v) is 5.38. The van der Waals surface area contributed by atoms with Crippen molar-refractivity contribution in [1.82, 2.24) is 15.1 Å². The molecule has 0 bridgehead atoms. The quantitative estimate of drug-likeness (QED) is 0.806. The molecule has 16 heavy (non-hydrogen) atoms. The van der Waals surface area contributed by atoms with Gasteiger partial charge in [-0.1, -0.05) is 6.92 Å². The molecule has 90 valence electrons. The Morgan fingerprint density at radius 1 is 1.44 bits per heavy atom. The van der Waals surface area contributed by atoms with Gasteiger partial charge >= 0.3 is 6.18 Å². The van der Waals surface area contributed by atoms with Gasteiger partial charge in [-0.25, -0.2) is 0 Å². The van der Waals surface area contributed by atoms with Crippen LogP contribution < -0.4 is 0 Å². The molecule has 1 aliphatic rings. The molecule has 1 aromatic rings. The molecule has 0 amide bonds. The zero-order valence-electron chi connectivity index (χ0n) is 9.06. The van der Waals surface area contributed by atoms with Crippen LogP contribution in [0.25, 0.3) is 0 Å². The summed E-state index contributed by atoms with van der Waals surface area (Å²) < 4.78 is 38.0. The molecule has 0 saturated heterocycles. The van der Waals surface area contributed by atoms with Crippen molar-refractivity contribution in [3.05, 3.63) is 17.0 Å². The molecule has 0 fully saturated rings. The van der Waals surface area contributed by atoms with Crippen molar-refractivity contribution in [2.45, 2.75) is 32.5 Å². The summed E-state index contributed by atoms with van der Waals surface area (Å²) in [5.74, 6) is 0. The number of aromatic nitrogens is 2. The van der Waals surface area contributed by atoms with Gasteiger partial charge in [-0.15, -0.1) is 0 Å². The molecule has 1 N–H and O–H groups in total. The van der Waals surface area contributed by atoms with Crippen molar-refractivity contribution in [2.75, 3.05) is 13.1 Å². The average molecular weight is 233 g/mol. The standard InChI is InChI=1S/C10H14F3N3/c1-2-16-5-3-4-8-7(6-16)9(15-14-8)10(11,12)13/h2-6H2,1H3,(H,14,15). The predicted octanol–water partition coefficient (Wildman–Crippen LogP) is 2.20. The summed E-state index contributed by atoms with van der Waals surface area (Å²) in [5.41, 5.74) is 0.220. The van der Waals surface area contributed by atoms with Crippen molar-refractivity contribution in [3.63, 3.8) is 0 Å². The van der Waals surface area contributed by atoms with E-state index in [1.807, 2.05) is 11.8 Å². The number of fused-ring (bicyclic) bond motifs is 1. The van der Waals surface area contributed by atoms with Crippen molar-refractivity contribution >= 4 is 0 Å². The minimum Gasteiger partial charge on any atom is -0.299 e. The van der Waals surface area contributed by atoms with E-state index in [0.29, 0.717) is 24.2 Å². The summed E-state index contributed by atoms with van der Waals surface area (Å²) in [7, 11) is 0. The molecule has 0 atom stereocenters. The SMILES string of the molecule is CCN1CCCc2[nH]nc(C(F)(F)F)c2C1. The van der Waals surface area contributed by atoms with Crippen LogP contribution in [-0.2, 0) is 19.1 Å². The van der Waals surface area contributed by atoms with Gasteiger partial charge < -0.3 is 0 Å². The Bertz CT molecular complexity index is 370. The van der Waals surface area contributed by atoms with Gasteiger partial charge in [-0.2, -0.15) is 18.3 Å². The van der Waals surface area contributed by atoms with Crippen LogP contribution in [0.2, 0.25) is 0 Å². The summed E-state index contributed by atoms with van der Waals surface area (Å²) in [6.07, 6.45) is -2.83. The van der Waals surface area contributed by atoms with Crippen molar-refractivity contribution in [2.24, 2.45) is 0 Å². The van der Waals surface area contributed by atoms with E-state index in [1.54, 1.807) is 0 Å². The maximum absolute atomic E-state index is 12.7. The van der Waals surface area contributed by atoms with Gasteiger partial charge in [0.2, 0.25) is 0 Å². The second kappa shape index (κ2) is 4.08. The average Bonchev–Trinajstić information content (AvgIpc) is 2.49. The monoisotopic (exact) mass is 233 g/mol. The molecular weight excluding hydrogens is 219 g/mol. The Labute approximate surface area is 91.6 Å². The number of halogens is 3. The fourth-order valence-corrected chi connectivity index (χ4v) is 2.06. The second-order valence-corrected chi connectivity index (χ2v) is 4.00. The first kappa shape index (κ1) is 11.4. The molecule has 1 aromatic heterocycles. The number of nitrogens with zero attached hydrogens (tertiary/aromatic N) is 2. The fraction of sp³-hybridized carbons (Fsp3) is 0.700. The molecule has 0 radical (unpaired) electrons. The van der Waals surface area contributed by atoms with Crippen LogP contribution in [0.5, 0.6) is 0 Å². The Morgan fingerprint density at radius 2 is 2.19 bits per heavy atom. The highest BCUT2D eigenvalue weighted by molar-refractivity contribution is 5.28. The molecule has 0 aromatic carbocycles. The molecule has 3 nitrogen and oxygen atoms in total. The zero-order chi connectivity index (χ0) is 11.8.